The summed E-state index contributed by atoms with van der Waals surface area (Å²) in [7, 11) is 0. The van der Waals surface area contributed by atoms with E-state index >= 15 is 0 Å². The molecule has 0 bridgehead atoms. The molecule has 0 unspecified atom stereocenters. The first-order valence-corrected chi connectivity index (χ1v) is 7.55. The van der Waals surface area contributed by atoms with Crippen molar-refractivity contribution in [3.63, 3.8) is 0 Å². The van der Waals surface area contributed by atoms with Crippen LogP contribution in [0.1, 0.15) is 35.8 Å². The highest BCUT2D eigenvalue weighted by Gasteiger charge is 2.20. The number of aromatic hydroxyl groups is 1. The number of esters is 1. The van der Waals surface area contributed by atoms with E-state index in [1.54, 1.807) is 13.0 Å². The minimum atomic E-state index is -0.592. The number of nitriles is 1. The molecule has 0 aliphatic rings. The van der Waals surface area contributed by atoms with Gasteiger partial charge < -0.3 is 9.84 Å². The van der Waals surface area contributed by atoms with Crippen LogP contribution in [0, 0.1) is 17.1 Å². The molecule has 0 radical (unpaired) electrons. The van der Waals surface area contributed by atoms with Crippen LogP contribution in [0.25, 0.3) is 11.3 Å². The predicted molar refractivity (Wildman–Crippen MR) is 86.2 cm³/mol. The van der Waals surface area contributed by atoms with Crippen LogP contribution in [-0.4, -0.2) is 28.4 Å². The lowest BCUT2D eigenvalue weighted by molar-refractivity contribution is -0.143. The Labute approximate surface area is 143 Å². The normalized spacial score (nSPS) is 10.1. The van der Waals surface area contributed by atoms with Gasteiger partial charge in [-0.15, -0.1) is 0 Å². The third kappa shape index (κ3) is 4.38. The Morgan fingerprint density at radius 3 is 2.56 bits per heavy atom. The number of rotatable bonds is 6. The van der Waals surface area contributed by atoms with Gasteiger partial charge in [0.05, 0.1) is 24.3 Å². The van der Waals surface area contributed by atoms with Gasteiger partial charge in [-0.1, -0.05) is 0 Å². The number of nitrogens with zero attached hydrogens (tertiary/aromatic N) is 2. The number of ether oxygens (including phenoxy) is 1. The van der Waals surface area contributed by atoms with E-state index in [1.165, 1.54) is 30.3 Å². The third-order valence-corrected chi connectivity index (χ3v) is 3.38. The summed E-state index contributed by atoms with van der Waals surface area (Å²) in [6, 6.07) is 8.43. The first kappa shape index (κ1) is 18.1. The van der Waals surface area contributed by atoms with Gasteiger partial charge in [0.2, 0.25) is 0 Å². The number of pyridine rings is 1. The molecule has 0 fully saturated rings. The number of benzene rings is 1. The van der Waals surface area contributed by atoms with E-state index in [0.29, 0.717) is 5.56 Å². The standard InChI is InChI=1S/C18H15FN2O4/c1-2-25-16(23)8-7-15(22)17-18(24)12(10-20)9-14(21-17)11-3-5-13(19)6-4-11/h3-6,9,24H,2,7-8H2,1H3. The van der Waals surface area contributed by atoms with E-state index in [4.69, 9.17) is 10.00 Å². The summed E-state index contributed by atoms with van der Waals surface area (Å²) in [5, 5.41) is 19.2. The largest absolute Gasteiger partial charge is 0.504 e. The highest BCUT2D eigenvalue weighted by molar-refractivity contribution is 5.99. The van der Waals surface area contributed by atoms with E-state index in [2.05, 4.69) is 4.98 Å². The van der Waals surface area contributed by atoms with Crippen LogP contribution in [-0.2, 0) is 9.53 Å². The maximum absolute atomic E-state index is 13.0. The van der Waals surface area contributed by atoms with Crippen LogP contribution in [0.15, 0.2) is 30.3 Å². The summed E-state index contributed by atoms with van der Waals surface area (Å²) in [6.07, 6.45) is -0.367. The quantitative estimate of drug-likeness (QED) is 0.640. The highest BCUT2D eigenvalue weighted by atomic mass is 19.1. The van der Waals surface area contributed by atoms with Crippen LogP contribution >= 0.6 is 0 Å². The zero-order valence-corrected chi connectivity index (χ0v) is 13.5. The predicted octanol–water partition coefficient (Wildman–Crippen LogP) is 2.99. The second-order valence-corrected chi connectivity index (χ2v) is 5.10. The Morgan fingerprint density at radius 1 is 1.28 bits per heavy atom. The molecule has 2 aromatic rings. The molecule has 7 heteroatoms. The lowest BCUT2D eigenvalue weighted by Crippen LogP contribution is -2.10. The number of halogens is 1. The van der Waals surface area contributed by atoms with Crippen LogP contribution in [0.3, 0.4) is 0 Å². The van der Waals surface area contributed by atoms with Crippen LogP contribution in [0.2, 0.25) is 0 Å². The third-order valence-electron chi connectivity index (χ3n) is 3.38. The topological polar surface area (TPSA) is 100 Å². The van der Waals surface area contributed by atoms with Crippen molar-refractivity contribution >= 4 is 11.8 Å². The number of hydrogen-bond donors (Lipinski definition) is 1. The number of carbonyl (C=O) groups is 2. The molecule has 25 heavy (non-hydrogen) atoms. The fourth-order valence-electron chi connectivity index (χ4n) is 2.15. The van der Waals surface area contributed by atoms with Crippen molar-refractivity contribution in [3.8, 4) is 23.1 Å². The lowest BCUT2D eigenvalue weighted by Gasteiger charge is -2.08. The summed E-state index contributed by atoms with van der Waals surface area (Å²) >= 11 is 0. The maximum Gasteiger partial charge on any atom is 0.306 e. The SMILES string of the molecule is CCOC(=O)CCC(=O)c1nc(-c2ccc(F)cc2)cc(C#N)c1O. The van der Waals surface area contributed by atoms with Crippen LogP contribution < -0.4 is 0 Å². The van der Waals surface area contributed by atoms with Gasteiger partial charge in [-0.3, -0.25) is 9.59 Å². The monoisotopic (exact) mass is 342 g/mol. The van der Waals surface area contributed by atoms with Crippen molar-refractivity contribution < 1.29 is 23.8 Å². The Hall–Kier alpha value is -3.27. The molecule has 0 amide bonds. The molecule has 0 spiro atoms. The minimum absolute atomic E-state index is 0.131. The summed E-state index contributed by atoms with van der Waals surface area (Å²) in [5.74, 6) is -2.10. The van der Waals surface area contributed by atoms with E-state index in [1.807, 2.05) is 0 Å². The van der Waals surface area contributed by atoms with E-state index in [9.17, 15) is 19.1 Å². The van der Waals surface area contributed by atoms with Crippen molar-refractivity contribution in [2.75, 3.05) is 6.61 Å². The van der Waals surface area contributed by atoms with Crippen LogP contribution in [0.4, 0.5) is 4.39 Å². The first-order valence-electron chi connectivity index (χ1n) is 7.55. The summed E-state index contributed by atoms with van der Waals surface area (Å²) in [5.41, 5.74) is 0.294. The van der Waals surface area contributed by atoms with Gasteiger partial charge in [0.1, 0.15) is 17.6 Å². The summed E-state index contributed by atoms with van der Waals surface area (Å²) in [6.45, 7) is 1.85. The molecule has 1 heterocycles. The second-order valence-electron chi connectivity index (χ2n) is 5.10. The van der Waals surface area contributed by atoms with Gasteiger partial charge in [-0.25, -0.2) is 9.37 Å². The van der Waals surface area contributed by atoms with Crippen molar-refractivity contribution in [1.82, 2.24) is 4.98 Å². The molecule has 0 atom stereocenters. The Morgan fingerprint density at radius 2 is 1.96 bits per heavy atom. The number of hydrogen-bond acceptors (Lipinski definition) is 6. The van der Waals surface area contributed by atoms with Gasteiger partial charge in [-0.2, -0.15) is 5.26 Å². The molecule has 1 aromatic heterocycles. The second kappa shape index (κ2) is 8.02. The molecule has 2 rings (SSSR count). The fraction of sp³-hybridized carbons (Fsp3) is 0.222. The van der Waals surface area contributed by atoms with Crippen molar-refractivity contribution in [3.05, 3.63) is 47.4 Å². The number of carbonyl (C=O) groups excluding carboxylic acids is 2. The molecule has 1 N–H and O–H groups in total. The zero-order valence-electron chi connectivity index (χ0n) is 13.5. The smallest absolute Gasteiger partial charge is 0.306 e. The van der Waals surface area contributed by atoms with Crippen molar-refractivity contribution in [2.45, 2.75) is 19.8 Å². The first-order chi connectivity index (χ1) is 12.0. The van der Waals surface area contributed by atoms with Crippen LogP contribution in [0.5, 0.6) is 5.75 Å². The Bertz CT molecular complexity index is 841. The molecule has 128 valence electrons. The number of aromatic nitrogens is 1. The fourth-order valence-corrected chi connectivity index (χ4v) is 2.15. The molecule has 1 aromatic carbocycles. The van der Waals surface area contributed by atoms with Gasteiger partial charge >= 0.3 is 5.97 Å². The molecule has 0 saturated carbocycles. The Balaban J connectivity index is 2.35. The average molecular weight is 342 g/mol. The molecule has 0 aliphatic carbocycles. The zero-order chi connectivity index (χ0) is 18.4. The highest BCUT2D eigenvalue weighted by Crippen LogP contribution is 2.28. The van der Waals surface area contributed by atoms with E-state index < -0.39 is 23.3 Å². The summed E-state index contributed by atoms with van der Waals surface area (Å²) in [4.78, 5) is 27.7. The van der Waals surface area contributed by atoms with E-state index in [-0.39, 0.29) is 36.4 Å². The van der Waals surface area contributed by atoms with Crippen molar-refractivity contribution in [2.24, 2.45) is 0 Å². The van der Waals surface area contributed by atoms with E-state index in [0.717, 1.165) is 0 Å². The Kier molecular flexibility index (Phi) is 5.79. The van der Waals surface area contributed by atoms with Gasteiger partial charge in [-0.05, 0) is 37.3 Å². The van der Waals surface area contributed by atoms with Gasteiger partial charge in [0.25, 0.3) is 0 Å². The minimum Gasteiger partial charge on any atom is -0.504 e. The summed E-state index contributed by atoms with van der Waals surface area (Å²) < 4.78 is 17.8. The van der Waals surface area contributed by atoms with Gasteiger partial charge in [0.15, 0.2) is 11.5 Å². The number of ketones is 1. The molecular weight excluding hydrogens is 327 g/mol. The maximum atomic E-state index is 13.0. The average Bonchev–Trinajstić information content (AvgIpc) is 2.61. The molecule has 0 aliphatic heterocycles. The molecular formula is C18H15FN2O4. The number of Topliss-reactive ketones (excluding diaryl/α,β-unsaturated/α-hetero) is 1. The van der Waals surface area contributed by atoms with Gasteiger partial charge in [0, 0.05) is 12.0 Å². The molecule has 0 saturated heterocycles. The lowest BCUT2D eigenvalue weighted by atomic mass is 10.0. The molecule has 6 nitrogen and oxygen atoms in total. The van der Waals surface area contributed by atoms with Crippen molar-refractivity contribution in [1.29, 1.82) is 5.26 Å².